The Balaban J connectivity index is 1.44. The van der Waals surface area contributed by atoms with E-state index in [9.17, 15) is 9.59 Å². The average Bonchev–Trinajstić information content (AvgIpc) is 3.80. The molecule has 0 radical (unpaired) electrons. The maximum absolute atomic E-state index is 13.2. The lowest BCUT2D eigenvalue weighted by Gasteiger charge is -2.40. The second-order valence-electron chi connectivity index (χ2n) is 14.8. The second-order valence-corrected chi connectivity index (χ2v) is 16.2. The molecule has 1 saturated heterocycles. The SMILES string of the molecule is CC(C)C(=O)Nc1nc2c(ncn2[C@H]2CC(NC(c3ccccc3)(c3ccccc3)c3ccccc3)[C@@H](COP(OCCC=N)N(C(C)C)C(C)C)O2)c(=O)[nH]1. The molecule has 3 aromatic carbocycles. The highest BCUT2D eigenvalue weighted by molar-refractivity contribution is 7.44. The van der Waals surface area contributed by atoms with Crippen LogP contribution >= 0.6 is 8.53 Å². The van der Waals surface area contributed by atoms with E-state index in [0.717, 1.165) is 16.7 Å². The number of hydrogen-bond acceptors (Lipinski definition) is 10. The largest absolute Gasteiger partial charge is 0.351 e. The van der Waals surface area contributed by atoms with Gasteiger partial charge in [0.2, 0.25) is 11.9 Å². The first-order chi connectivity index (χ1) is 27.0. The topological polar surface area (TPSA) is 159 Å². The number of H-pyrrole nitrogens is 1. The van der Waals surface area contributed by atoms with Gasteiger partial charge in [0, 0.05) is 36.9 Å². The lowest BCUT2D eigenvalue weighted by molar-refractivity contribution is -0.118. The first-order valence-electron chi connectivity index (χ1n) is 19.2. The van der Waals surface area contributed by atoms with Crippen LogP contribution in [-0.4, -0.2) is 73.8 Å². The van der Waals surface area contributed by atoms with E-state index in [1.165, 1.54) is 6.21 Å². The molecule has 1 amide bonds. The molecular formula is C42H53N8O5P. The van der Waals surface area contributed by atoms with Crippen LogP contribution in [0.5, 0.6) is 0 Å². The first-order valence-corrected chi connectivity index (χ1v) is 20.4. The number of aromatic nitrogens is 4. The number of amides is 1. The number of imidazole rings is 1. The number of nitrogens with zero attached hydrogens (tertiary/aromatic N) is 4. The van der Waals surface area contributed by atoms with Crippen molar-refractivity contribution in [1.82, 2.24) is 29.5 Å². The van der Waals surface area contributed by atoms with Gasteiger partial charge in [-0.15, -0.1) is 0 Å². The number of anilines is 1. The summed E-state index contributed by atoms with van der Waals surface area (Å²) < 4.78 is 24.0. The van der Waals surface area contributed by atoms with Gasteiger partial charge in [0.1, 0.15) is 6.23 Å². The van der Waals surface area contributed by atoms with E-state index in [0.29, 0.717) is 25.1 Å². The van der Waals surface area contributed by atoms with Gasteiger partial charge in [-0.05, 0) is 50.6 Å². The fraction of sp³-hybridized carbons (Fsp3) is 0.405. The third-order valence-corrected chi connectivity index (χ3v) is 11.9. The van der Waals surface area contributed by atoms with Crippen LogP contribution in [0.25, 0.3) is 11.2 Å². The number of fused-ring (bicyclic) bond motifs is 1. The van der Waals surface area contributed by atoms with Crippen molar-refractivity contribution in [3.05, 3.63) is 124 Å². The van der Waals surface area contributed by atoms with Gasteiger partial charge in [0.25, 0.3) is 14.1 Å². The summed E-state index contributed by atoms with van der Waals surface area (Å²) >= 11 is 0. The molecule has 4 atom stereocenters. The molecule has 2 aromatic heterocycles. The zero-order chi connectivity index (χ0) is 39.8. The normalized spacial score (nSPS) is 18.0. The fourth-order valence-corrected chi connectivity index (χ4v) is 8.86. The average molecular weight is 781 g/mol. The molecular weight excluding hydrogens is 727 g/mol. The number of carbonyl (C=O) groups is 1. The molecule has 296 valence electrons. The van der Waals surface area contributed by atoms with Crippen molar-refractivity contribution in [3.63, 3.8) is 0 Å². The maximum atomic E-state index is 13.2. The summed E-state index contributed by atoms with van der Waals surface area (Å²) in [6.07, 6.45) is 2.74. The van der Waals surface area contributed by atoms with Gasteiger partial charge in [-0.2, -0.15) is 4.98 Å². The van der Waals surface area contributed by atoms with Gasteiger partial charge in [-0.1, -0.05) is 105 Å². The number of carbonyl (C=O) groups excluding carboxylic acids is 1. The molecule has 13 nitrogen and oxygen atoms in total. The fourth-order valence-electron chi connectivity index (χ4n) is 7.23. The van der Waals surface area contributed by atoms with Crippen LogP contribution in [0.3, 0.4) is 0 Å². The van der Waals surface area contributed by atoms with Crippen LogP contribution in [-0.2, 0) is 24.1 Å². The molecule has 1 aliphatic rings. The Labute approximate surface area is 329 Å². The summed E-state index contributed by atoms with van der Waals surface area (Å²) in [5.41, 5.74) is 2.31. The van der Waals surface area contributed by atoms with Crippen LogP contribution in [0.2, 0.25) is 0 Å². The molecule has 0 saturated carbocycles. The van der Waals surface area contributed by atoms with Crippen LogP contribution in [0.1, 0.15) is 77.3 Å². The molecule has 56 heavy (non-hydrogen) atoms. The van der Waals surface area contributed by atoms with E-state index in [1.807, 2.05) is 54.6 Å². The number of ether oxygens (including phenoxy) is 1. The summed E-state index contributed by atoms with van der Waals surface area (Å²) in [5, 5.41) is 14.4. The highest BCUT2D eigenvalue weighted by Crippen LogP contribution is 2.47. The van der Waals surface area contributed by atoms with Gasteiger partial charge in [-0.3, -0.25) is 29.8 Å². The van der Waals surface area contributed by atoms with Crippen molar-refractivity contribution in [2.24, 2.45) is 5.92 Å². The van der Waals surface area contributed by atoms with Crippen molar-refractivity contribution in [1.29, 1.82) is 5.41 Å². The molecule has 2 unspecified atom stereocenters. The van der Waals surface area contributed by atoms with Crippen molar-refractivity contribution in [2.45, 2.75) is 90.4 Å². The van der Waals surface area contributed by atoms with E-state index in [1.54, 1.807) is 24.7 Å². The lowest BCUT2D eigenvalue weighted by Crippen LogP contribution is -2.53. The van der Waals surface area contributed by atoms with E-state index in [4.69, 9.17) is 19.2 Å². The van der Waals surface area contributed by atoms with Crippen LogP contribution in [0, 0.1) is 11.3 Å². The van der Waals surface area contributed by atoms with Crippen LogP contribution in [0.15, 0.2) is 102 Å². The second kappa shape index (κ2) is 18.5. The molecule has 1 aliphatic heterocycles. The number of rotatable bonds is 18. The molecule has 14 heteroatoms. The van der Waals surface area contributed by atoms with E-state index < -0.39 is 32.0 Å². The van der Waals surface area contributed by atoms with Gasteiger partial charge in [0.05, 0.1) is 31.2 Å². The van der Waals surface area contributed by atoms with Gasteiger partial charge in [-0.25, -0.2) is 9.65 Å². The molecule has 6 rings (SSSR count). The number of aromatic amines is 1. The third kappa shape index (κ3) is 8.99. The van der Waals surface area contributed by atoms with Gasteiger partial charge >= 0.3 is 0 Å². The molecule has 1 fully saturated rings. The Morgan fingerprint density at radius 2 is 1.54 bits per heavy atom. The molecule has 0 bridgehead atoms. The highest BCUT2D eigenvalue weighted by atomic mass is 31.2. The third-order valence-electron chi connectivity index (χ3n) is 9.83. The predicted octanol–water partition coefficient (Wildman–Crippen LogP) is 7.37. The predicted molar refractivity (Wildman–Crippen MR) is 221 cm³/mol. The van der Waals surface area contributed by atoms with E-state index >= 15 is 0 Å². The van der Waals surface area contributed by atoms with E-state index in [-0.39, 0.29) is 48.0 Å². The summed E-state index contributed by atoms with van der Waals surface area (Å²) in [7, 11) is -1.52. The minimum absolute atomic E-state index is 0.0435. The van der Waals surface area contributed by atoms with Crippen molar-refractivity contribution >= 4 is 37.8 Å². The Hall–Kier alpha value is -4.62. The van der Waals surface area contributed by atoms with E-state index in [2.05, 4.69) is 94.3 Å². The minimum atomic E-state index is -1.52. The molecule has 4 N–H and O–H groups in total. The molecule has 5 aromatic rings. The van der Waals surface area contributed by atoms with Gasteiger partial charge < -0.3 is 19.2 Å². The molecule has 3 heterocycles. The summed E-state index contributed by atoms with van der Waals surface area (Å²) in [4.78, 5) is 37.5. The number of nitrogens with one attached hydrogen (secondary N) is 4. The van der Waals surface area contributed by atoms with Crippen molar-refractivity contribution in [3.8, 4) is 0 Å². The Morgan fingerprint density at radius 1 is 0.964 bits per heavy atom. The smallest absolute Gasteiger partial charge is 0.280 e. The summed E-state index contributed by atoms with van der Waals surface area (Å²) in [6.45, 7) is 12.6. The zero-order valence-electron chi connectivity index (χ0n) is 32.9. The zero-order valence-corrected chi connectivity index (χ0v) is 33.8. The summed E-state index contributed by atoms with van der Waals surface area (Å²) in [5.74, 6) is -0.540. The Bertz CT molecular complexity index is 1990. The maximum Gasteiger partial charge on any atom is 0.280 e. The standard InChI is InChI=1S/C42H53N8O5P/c1-28(2)39(51)46-41-45-38-37(40(52)47-41)44-27-49(38)36-25-34(35(55-36)26-54-56(53-24-16-23-43)50(29(3)4)30(5)6)48-42(31-17-10-7-11-18-31,32-19-12-8-13-20-32)33-21-14-9-15-22-33/h7-15,17-23,27-30,34-36,43,48H,16,24-26H2,1-6H3,(H2,45,46,47,51,52)/t34?,35-,36-,56?/m1/s1. The quantitative estimate of drug-likeness (QED) is 0.0308. The van der Waals surface area contributed by atoms with Crippen molar-refractivity contribution in [2.75, 3.05) is 18.5 Å². The molecule has 0 spiro atoms. The monoisotopic (exact) mass is 780 g/mol. The number of hydrogen-bond donors (Lipinski definition) is 4. The van der Waals surface area contributed by atoms with Crippen molar-refractivity contribution < 1.29 is 18.6 Å². The lowest BCUT2D eigenvalue weighted by atomic mass is 9.76. The number of benzene rings is 3. The highest BCUT2D eigenvalue weighted by Gasteiger charge is 2.45. The van der Waals surface area contributed by atoms with Gasteiger partial charge in [0.15, 0.2) is 11.2 Å². The van der Waals surface area contributed by atoms with Crippen LogP contribution in [0.4, 0.5) is 5.95 Å². The first kappa shape index (κ1) is 41.0. The Kier molecular flexibility index (Phi) is 13.6. The molecule has 0 aliphatic carbocycles. The minimum Gasteiger partial charge on any atom is -0.351 e. The Morgan fingerprint density at radius 3 is 2.05 bits per heavy atom. The summed E-state index contributed by atoms with van der Waals surface area (Å²) in [6, 6.07) is 31.1. The van der Waals surface area contributed by atoms with Crippen LogP contribution < -0.4 is 16.2 Å².